The molecule has 1 heterocycles. The van der Waals surface area contributed by atoms with Crippen molar-refractivity contribution in [2.24, 2.45) is 5.92 Å². The summed E-state index contributed by atoms with van der Waals surface area (Å²) in [6.07, 6.45) is 1.52. The van der Waals surface area contributed by atoms with Crippen LogP contribution in [-0.2, 0) is 9.47 Å². The molecular formula is C15H19FO4. The molecule has 1 saturated heterocycles. The maximum atomic E-state index is 13.3. The molecule has 0 aromatic heterocycles. The highest BCUT2D eigenvalue weighted by Crippen LogP contribution is 2.24. The Morgan fingerprint density at radius 3 is 2.75 bits per heavy atom. The van der Waals surface area contributed by atoms with E-state index in [1.54, 1.807) is 0 Å². The summed E-state index contributed by atoms with van der Waals surface area (Å²) in [5, 5.41) is 0. The first-order valence-corrected chi connectivity index (χ1v) is 6.74. The Balaban J connectivity index is 2.05. The number of hydrogen-bond acceptors (Lipinski definition) is 4. The van der Waals surface area contributed by atoms with Crippen LogP contribution in [0.5, 0.6) is 5.75 Å². The minimum absolute atomic E-state index is 0.117. The summed E-state index contributed by atoms with van der Waals surface area (Å²) in [6, 6.07) is 3.81. The molecule has 20 heavy (non-hydrogen) atoms. The largest absolute Gasteiger partial charge is 0.496 e. The summed E-state index contributed by atoms with van der Waals surface area (Å²) in [5.41, 5.74) is 0.117. The molecule has 0 bridgehead atoms. The van der Waals surface area contributed by atoms with E-state index < -0.39 is 11.8 Å². The molecule has 0 saturated carbocycles. The SMILES string of the molecule is COc1ccc(F)cc1C(=O)O[C@@H](C)C1CCOCC1. The highest BCUT2D eigenvalue weighted by Gasteiger charge is 2.25. The van der Waals surface area contributed by atoms with Crippen LogP contribution in [0.3, 0.4) is 0 Å². The zero-order valence-corrected chi connectivity index (χ0v) is 11.7. The van der Waals surface area contributed by atoms with Crippen molar-refractivity contribution in [2.45, 2.75) is 25.9 Å². The minimum Gasteiger partial charge on any atom is -0.496 e. The maximum absolute atomic E-state index is 13.3. The fraction of sp³-hybridized carbons (Fsp3) is 0.533. The molecule has 0 spiro atoms. The average Bonchev–Trinajstić information content (AvgIpc) is 2.48. The Morgan fingerprint density at radius 2 is 2.10 bits per heavy atom. The standard InChI is InChI=1S/C15H19FO4/c1-10(11-5-7-19-8-6-11)20-15(17)13-9-12(16)3-4-14(13)18-2/h3-4,9-11H,5-8H2,1-2H3/t10-/m0/s1. The summed E-state index contributed by atoms with van der Waals surface area (Å²) in [7, 11) is 1.44. The number of rotatable bonds is 4. The van der Waals surface area contributed by atoms with Gasteiger partial charge in [0.15, 0.2) is 0 Å². The van der Waals surface area contributed by atoms with Crippen LogP contribution in [0.4, 0.5) is 4.39 Å². The van der Waals surface area contributed by atoms with Crippen molar-refractivity contribution in [3.8, 4) is 5.75 Å². The van der Waals surface area contributed by atoms with Crippen LogP contribution in [-0.4, -0.2) is 32.4 Å². The zero-order chi connectivity index (χ0) is 14.5. The molecule has 1 fully saturated rings. The van der Waals surface area contributed by atoms with Crippen molar-refractivity contribution in [3.05, 3.63) is 29.6 Å². The summed E-state index contributed by atoms with van der Waals surface area (Å²) < 4.78 is 29.0. The predicted molar refractivity (Wildman–Crippen MR) is 71.4 cm³/mol. The third kappa shape index (κ3) is 3.48. The topological polar surface area (TPSA) is 44.8 Å². The molecular weight excluding hydrogens is 263 g/mol. The number of esters is 1. The lowest BCUT2D eigenvalue weighted by atomic mass is 9.95. The van der Waals surface area contributed by atoms with Crippen molar-refractivity contribution in [1.82, 2.24) is 0 Å². The predicted octanol–water partition coefficient (Wildman–Crippen LogP) is 2.81. The Bertz CT molecular complexity index is 469. The van der Waals surface area contributed by atoms with E-state index in [0.29, 0.717) is 19.0 Å². The zero-order valence-electron chi connectivity index (χ0n) is 11.7. The number of carbonyl (C=O) groups is 1. The average molecular weight is 282 g/mol. The van der Waals surface area contributed by atoms with E-state index in [-0.39, 0.29) is 17.6 Å². The Kier molecular flexibility index (Phi) is 4.95. The number of methoxy groups -OCH3 is 1. The van der Waals surface area contributed by atoms with E-state index in [0.717, 1.165) is 18.9 Å². The van der Waals surface area contributed by atoms with Gasteiger partial charge in [-0.25, -0.2) is 9.18 Å². The van der Waals surface area contributed by atoms with Crippen molar-refractivity contribution in [1.29, 1.82) is 0 Å². The van der Waals surface area contributed by atoms with Crippen LogP contribution in [0, 0.1) is 11.7 Å². The number of benzene rings is 1. The fourth-order valence-corrected chi connectivity index (χ4v) is 2.35. The number of carbonyl (C=O) groups excluding carboxylic acids is 1. The van der Waals surface area contributed by atoms with Crippen LogP contribution in [0.25, 0.3) is 0 Å². The molecule has 1 aromatic rings. The lowest BCUT2D eigenvalue weighted by Gasteiger charge is -2.27. The molecule has 0 amide bonds. The van der Waals surface area contributed by atoms with E-state index >= 15 is 0 Å². The van der Waals surface area contributed by atoms with Gasteiger partial charge in [-0.1, -0.05) is 0 Å². The molecule has 0 unspecified atom stereocenters. The van der Waals surface area contributed by atoms with Crippen molar-refractivity contribution < 1.29 is 23.4 Å². The lowest BCUT2D eigenvalue weighted by molar-refractivity contribution is -0.0120. The van der Waals surface area contributed by atoms with E-state index in [1.807, 2.05) is 6.92 Å². The van der Waals surface area contributed by atoms with Gasteiger partial charge in [-0.15, -0.1) is 0 Å². The first-order chi connectivity index (χ1) is 9.61. The second-order valence-electron chi connectivity index (χ2n) is 4.90. The van der Waals surface area contributed by atoms with Crippen molar-refractivity contribution in [2.75, 3.05) is 20.3 Å². The molecule has 2 rings (SSSR count). The number of halogens is 1. The summed E-state index contributed by atoms with van der Waals surface area (Å²) in [5.74, 6) is -0.445. The highest BCUT2D eigenvalue weighted by molar-refractivity contribution is 5.92. The molecule has 0 radical (unpaired) electrons. The summed E-state index contributed by atoms with van der Waals surface area (Å²) in [4.78, 5) is 12.1. The number of hydrogen-bond donors (Lipinski definition) is 0. The van der Waals surface area contributed by atoms with Crippen LogP contribution in [0.1, 0.15) is 30.1 Å². The molecule has 1 atom stereocenters. The van der Waals surface area contributed by atoms with E-state index in [2.05, 4.69) is 0 Å². The van der Waals surface area contributed by atoms with Gasteiger partial charge in [0.05, 0.1) is 7.11 Å². The van der Waals surface area contributed by atoms with Gasteiger partial charge >= 0.3 is 5.97 Å². The van der Waals surface area contributed by atoms with Gasteiger partial charge in [0.1, 0.15) is 23.2 Å². The monoisotopic (exact) mass is 282 g/mol. The second kappa shape index (κ2) is 6.70. The highest BCUT2D eigenvalue weighted by atomic mass is 19.1. The van der Waals surface area contributed by atoms with E-state index in [1.165, 1.54) is 19.2 Å². The smallest absolute Gasteiger partial charge is 0.342 e. The van der Waals surface area contributed by atoms with Crippen LogP contribution < -0.4 is 4.74 Å². The maximum Gasteiger partial charge on any atom is 0.342 e. The third-order valence-corrected chi connectivity index (χ3v) is 3.60. The molecule has 0 N–H and O–H groups in total. The fourth-order valence-electron chi connectivity index (χ4n) is 2.35. The quantitative estimate of drug-likeness (QED) is 0.797. The van der Waals surface area contributed by atoms with Crippen LogP contribution in [0.2, 0.25) is 0 Å². The van der Waals surface area contributed by atoms with Crippen molar-refractivity contribution >= 4 is 5.97 Å². The molecule has 4 nitrogen and oxygen atoms in total. The van der Waals surface area contributed by atoms with Crippen LogP contribution in [0.15, 0.2) is 18.2 Å². The van der Waals surface area contributed by atoms with Gasteiger partial charge in [-0.2, -0.15) is 0 Å². The molecule has 5 heteroatoms. The van der Waals surface area contributed by atoms with Gasteiger partial charge in [0, 0.05) is 19.1 Å². The normalized spacial score (nSPS) is 17.6. The summed E-state index contributed by atoms with van der Waals surface area (Å²) in [6.45, 7) is 3.24. The van der Waals surface area contributed by atoms with Gasteiger partial charge in [0.2, 0.25) is 0 Å². The van der Waals surface area contributed by atoms with E-state index in [9.17, 15) is 9.18 Å². The Hall–Kier alpha value is -1.62. The van der Waals surface area contributed by atoms with Gasteiger partial charge in [-0.05, 0) is 38.0 Å². The minimum atomic E-state index is -0.555. The third-order valence-electron chi connectivity index (χ3n) is 3.60. The number of ether oxygens (including phenoxy) is 3. The molecule has 0 aliphatic carbocycles. The van der Waals surface area contributed by atoms with Gasteiger partial charge < -0.3 is 14.2 Å². The Morgan fingerprint density at radius 1 is 1.40 bits per heavy atom. The first kappa shape index (κ1) is 14.8. The molecule has 1 aromatic carbocycles. The molecule has 110 valence electrons. The van der Waals surface area contributed by atoms with Gasteiger partial charge in [0.25, 0.3) is 0 Å². The van der Waals surface area contributed by atoms with Crippen molar-refractivity contribution in [3.63, 3.8) is 0 Å². The van der Waals surface area contributed by atoms with Crippen LogP contribution >= 0.6 is 0 Å². The molecule has 1 aliphatic heterocycles. The first-order valence-electron chi connectivity index (χ1n) is 6.74. The van der Waals surface area contributed by atoms with Gasteiger partial charge in [-0.3, -0.25) is 0 Å². The second-order valence-corrected chi connectivity index (χ2v) is 4.90. The van der Waals surface area contributed by atoms with E-state index in [4.69, 9.17) is 14.2 Å². The molecule has 1 aliphatic rings. The Labute approximate surface area is 117 Å². The lowest BCUT2D eigenvalue weighted by Crippen LogP contribution is -2.29. The summed E-state index contributed by atoms with van der Waals surface area (Å²) >= 11 is 0.